The molecule has 1 saturated heterocycles. The zero-order valence-electron chi connectivity index (χ0n) is 16.5. The fraction of sp³-hybridized carbons (Fsp3) is 0.300. The normalized spacial score (nSPS) is 19.0. The molecule has 170 valence electrons. The van der Waals surface area contributed by atoms with Crippen molar-refractivity contribution in [3.8, 4) is 5.75 Å². The maximum absolute atomic E-state index is 14.6. The van der Waals surface area contributed by atoms with Gasteiger partial charge in [0.2, 0.25) is 5.13 Å². The Kier molecular flexibility index (Phi) is 6.63. The van der Waals surface area contributed by atoms with Crippen molar-refractivity contribution in [2.24, 2.45) is 5.92 Å². The fourth-order valence-electron chi connectivity index (χ4n) is 3.52. The smallest absolute Gasteiger partial charge is 0.266 e. The molecule has 2 heterocycles. The van der Waals surface area contributed by atoms with Crippen LogP contribution in [0.5, 0.6) is 5.75 Å². The highest BCUT2D eigenvalue weighted by molar-refractivity contribution is 7.93. The average Bonchev–Trinajstić information content (AvgIpc) is 3.27. The second-order valence-electron chi connectivity index (χ2n) is 7.16. The molecular formula is C20H18F3N3O4S2. The number of rotatable bonds is 7. The molecule has 7 nitrogen and oxygen atoms in total. The Bertz CT molecular complexity index is 1180. The van der Waals surface area contributed by atoms with E-state index in [0.29, 0.717) is 31.8 Å². The van der Waals surface area contributed by atoms with Gasteiger partial charge in [-0.1, -0.05) is 12.1 Å². The summed E-state index contributed by atoms with van der Waals surface area (Å²) in [7, 11) is -4.40. The third-order valence-electron chi connectivity index (χ3n) is 5.08. The van der Waals surface area contributed by atoms with Crippen LogP contribution < -0.4 is 9.46 Å². The van der Waals surface area contributed by atoms with E-state index in [2.05, 4.69) is 9.36 Å². The third kappa shape index (κ3) is 5.03. The predicted octanol–water partition coefficient (Wildman–Crippen LogP) is 3.96. The summed E-state index contributed by atoms with van der Waals surface area (Å²) in [5.41, 5.74) is 0.902. The molecule has 4 rings (SSSR count). The van der Waals surface area contributed by atoms with Crippen LogP contribution in [0.25, 0.3) is 0 Å². The van der Waals surface area contributed by atoms with Crippen LogP contribution in [0.1, 0.15) is 17.9 Å². The molecule has 1 N–H and O–H groups in total. The number of anilines is 1. The number of nitrogens with one attached hydrogen (secondary N) is 1. The summed E-state index contributed by atoms with van der Waals surface area (Å²) in [6.45, 7) is 0.869. The van der Waals surface area contributed by atoms with Gasteiger partial charge in [-0.3, -0.25) is 4.72 Å². The molecule has 1 fully saturated rings. The summed E-state index contributed by atoms with van der Waals surface area (Å²) >= 11 is 0.756. The Balaban J connectivity index is 1.49. The molecule has 0 amide bonds. The second kappa shape index (κ2) is 9.43. The summed E-state index contributed by atoms with van der Waals surface area (Å²) in [6, 6.07) is 7.36. The van der Waals surface area contributed by atoms with Gasteiger partial charge in [0.1, 0.15) is 22.9 Å². The van der Waals surface area contributed by atoms with Crippen LogP contribution in [0.15, 0.2) is 47.6 Å². The van der Waals surface area contributed by atoms with Gasteiger partial charge in [0.05, 0.1) is 13.2 Å². The number of nitrogens with zero attached hydrogens (tertiary/aromatic N) is 2. The van der Waals surface area contributed by atoms with Crippen molar-refractivity contribution in [1.29, 1.82) is 0 Å². The molecule has 3 aromatic rings. The number of aromatic nitrogens is 2. The molecule has 1 unspecified atom stereocenters. The van der Waals surface area contributed by atoms with E-state index in [1.165, 1.54) is 12.1 Å². The third-order valence-corrected chi connectivity index (χ3v) is 7.15. The van der Waals surface area contributed by atoms with Crippen LogP contribution in [-0.4, -0.2) is 37.6 Å². The van der Waals surface area contributed by atoms with Crippen molar-refractivity contribution in [3.63, 3.8) is 0 Å². The van der Waals surface area contributed by atoms with Gasteiger partial charge in [0, 0.05) is 36.2 Å². The lowest BCUT2D eigenvalue weighted by Crippen LogP contribution is -2.30. The summed E-state index contributed by atoms with van der Waals surface area (Å²) in [5.74, 6) is -3.15. The zero-order chi connectivity index (χ0) is 22.7. The summed E-state index contributed by atoms with van der Waals surface area (Å²) < 4.78 is 83.7. The summed E-state index contributed by atoms with van der Waals surface area (Å²) in [5, 5.41) is -0.0748. The number of ether oxygens (including phenoxy) is 2. The van der Waals surface area contributed by atoms with Gasteiger partial charge >= 0.3 is 0 Å². The van der Waals surface area contributed by atoms with Crippen LogP contribution in [0.2, 0.25) is 0 Å². The topological polar surface area (TPSA) is 90.4 Å². The van der Waals surface area contributed by atoms with E-state index in [4.69, 9.17) is 9.47 Å². The highest BCUT2D eigenvalue weighted by Gasteiger charge is 2.29. The minimum Gasteiger partial charge on any atom is -0.490 e. The number of benzene rings is 2. The van der Waals surface area contributed by atoms with Crippen LogP contribution in [0.3, 0.4) is 0 Å². The first kappa shape index (κ1) is 22.5. The molecule has 0 bridgehead atoms. The van der Waals surface area contributed by atoms with E-state index < -0.39 is 32.3 Å². The van der Waals surface area contributed by atoms with Crippen LogP contribution in [0, 0.1) is 23.4 Å². The lowest BCUT2D eigenvalue weighted by molar-refractivity contribution is 0.0199. The quantitative estimate of drug-likeness (QED) is 0.545. The largest absolute Gasteiger partial charge is 0.490 e. The molecule has 0 spiro atoms. The Labute approximate surface area is 186 Å². The van der Waals surface area contributed by atoms with E-state index in [-0.39, 0.29) is 29.4 Å². The van der Waals surface area contributed by atoms with Crippen molar-refractivity contribution in [3.05, 3.63) is 65.7 Å². The maximum atomic E-state index is 14.6. The molecule has 32 heavy (non-hydrogen) atoms. The van der Waals surface area contributed by atoms with E-state index in [0.717, 1.165) is 23.4 Å². The van der Waals surface area contributed by atoms with Crippen molar-refractivity contribution in [1.82, 2.24) is 9.36 Å². The van der Waals surface area contributed by atoms with E-state index in [1.54, 1.807) is 12.1 Å². The minimum atomic E-state index is -4.40. The summed E-state index contributed by atoms with van der Waals surface area (Å²) in [4.78, 5) is 2.79. The number of sulfonamides is 1. The molecule has 12 heteroatoms. The first-order valence-corrected chi connectivity index (χ1v) is 11.8. The van der Waals surface area contributed by atoms with Crippen LogP contribution >= 0.6 is 11.5 Å². The SMILES string of the molecule is O=S(=O)(Nc1ncns1)c1cc(F)c(OC[C@@H]2COCCC2c2ccc(F)cc2)cc1F. The van der Waals surface area contributed by atoms with Gasteiger partial charge in [0.15, 0.2) is 11.6 Å². The molecule has 1 aliphatic heterocycles. The molecule has 1 aliphatic rings. The molecule has 2 aromatic carbocycles. The standard InChI is InChI=1S/C20H18F3N3O4S2/c21-14-3-1-12(2-4-14)15-5-6-29-9-13(15)10-30-18-7-17(23)19(8-16(18)22)32(27,28)26-20-24-11-25-31-20/h1-4,7-8,11,13,15H,5-6,9-10H2,(H,24,25,26)/t13-,15?/m0/s1. The Morgan fingerprint density at radius 1 is 1.16 bits per heavy atom. The molecule has 0 saturated carbocycles. The first-order valence-electron chi connectivity index (χ1n) is 9.58. The van der Waals surface area contributed by atoms with Crippen LogP contribution in [-0.2, 0) is 14.8 Å². The molecular weight excluding hydrogens is 467 g/mol. The zero-order valence-corrected chi connectivity index (χ0v) is 18.1. The van der Waals surface area contributed by atoms with Crippen molar-refractivity contribution in [2.75, 3.05) is 24.5 Å². The lowest BCUT2D eigenvalue weighted by Gasteiger charge is -2.31. The Morgan fingerprint density at radius 3 is 2.66 bits per heavy atom. The first-order chi connectivity index (χ1) is 15.3. The lowest BCUT2D eigenvalue weighted by atomic mass is 9.83. The highest BCUT2D eigenvalue weighted by atomic mass is 32.2. The highest BCUT2D eigenvalue weighted by Crippen LogP contribution is 2.33. The molecule has 0 radical (unpaired) electrons. The van der Waals surface area contributed by atoms with E-state index >= 15 is 0 Å². The number of hydrogen-bond acceptors (Lipinski definition) is 7. The Hall–Kier alpha value is -2.70. The molecule has 1 aromatic heterocycles. The molecule has 2 atom stereocenters. The Morgan fingerprint density at radius 2 is 1.94 bits per heavy atom. The van der Waals surface area contributed by atoms with Crippen molar-refractivity contribution in [2.45, 2.75) is 17.2 Å². The van der Waals surface area contributed by atoms with E-state index in [1.807, 2.05) is 4.72 Å². The van der Waals surface area contributed by atoms with Gasteiger partial charge in [-0.05, 0) is 30.0 Å². The minimum absolute atomic E-state index is 0.00647. The van der Waals surface area contributed by atoms with Gasteiger partial charge in [-0.15, -0.1) is 0 Å². The number of halogens is 3. The van der Waals surface area contributed by atoms with Crippen molar-refractivity contribution >= 4 is 26.7 Å². The monoisotopic (exact) mass is 485 g/mol. The maximum Gasteiger partial charge on any atom is 0.266 e. The average molecular weight is 486 g/mol. The van der Waals surface area contributed by atoms with Gasteiger partial charge in [0.25, 0.3) is 10.0 Å². The van der Waals surface area contributed by atoms with Crippen LogP contribution in [0.4, 0.5) is 18.3 Å². The fourth-order valence-corrected chi connectivity index (χ4v) is 5.26. The van der Waals surface area contributed by atoms with E-state index in [9.17, 15) is 21.6 Å². The second-order valence-corrected chi connectivity index (χ2v) is 9.59. The summed E-state index contributed by atoms with van der Waals surface area (Å²) in [6.07, 6.45) is 1.80. The predicted molar refractivity (Wildman–Crippen MR) is 111 cm³/mol. The van der Waals surface area contributed by atoms with Gasteiger partial charge in [-0.2, -0.15) is 4.37 Å². The van der Waals surface area contributed by atoms with Gasteiger partial charge < -0.3 is 9.47 Å². The van der Waals surface area contributed by atoms with Gasteiger partial charge in [-0.25, -0.2) is 26.6 Å². The van der Waals surface area contributed by atoms with Crippen molar-refractivity contribution < 1.29 is 31.1 Å². The number of hydrogen-bond donors (Lipinski definition) is 1. The molecule has 0 aliphatic carbocycles.